The number of hydrogen-bond donors (Lipinski definition) is 6. The first-order valence-corrected chi connectivity index (χ1v) is 10.9. The number of likely N-dealkylation sites (tertiary alicyclic amines) is 1. The third-order valence-corrected chi connectivity index (χ3v) is 5.65. The van der Waals surface area contributed by atoms with Gasteiger partial charge in [-0.25, -0.2) is 4.79 Å². The zero-order valence-electron chi connectivity index (χ0n) is 19.0. The summed E-state index contributed by atoms with van der Waals surface area (Å²) in [5.41, 5.74) is 16.5. The Kier molecular flexibility index (Phi) is 10.9. The van der Waals surface area contributed by atoms with Crippen LogP contribution in [0.4, 0.5) is 0 Å². The summed E-state index contributed by atoms with van der Waals surface area (Å²) in [5.74, 6) is -2.84. The van der Waals surface area contributed by atoms with E-state index in [1.807, 2.05) is 6.92 Å². The van der Waals surface area contributed by atoms with Crippen molar-refractivity contribution in [3.8, 4) is 0 Å². The minimum atomic E-state index is -1.13. The molecule has 0 saturated carbocycles. The number of hydrogen-bond acceptors (Lipinski definition) is 6. The summed E-state index contributed by atoms with van der Waals surface area (Å²) < 4.78 is 0. The topological polar surface area (TPSA) is 206 Å². The number of guanidine groups is 1. The van der Waals surface area contributed by atoms with Crippen LogP contribution in [0.25, 0.3) is 0 Å². The maximum Gasteiger partial charge on any atom is 0.326 e. The molecule has 12 nitrogen and oxygen atoms in total. The normalized spacial score (nSPS) is 19.4. The Hall–Kier alpha value is -2.89. The largest absolute Gasteiger partial charge is 0.480 e. The van der Waals surface area contributed by atoms with E-state index in [1.165, 1.54) is 11.8 Å². The summed E-state index contributed by atoms with van der Waals surface area (Å²) in [4.78, 5) is 54.6. The summed E-state index contributed by atoms with van der Waals surface area (Å²) in [5, 5.41) is 14.4. The minimum Gasteiger partial charge on any atom is -0.480 e. The van der Waals surface area contributed by atoms with Gasteiger partial charge in [0, 0.05) is 13.1 Å². The molecule has 182 valence electrons. The van der Waals surface area contributed by atoms with Gasteiger partial charge < -0.3 is 37.8 Å². The number of carboxylic acid groups (broad SMARTS) is 1. The zero-order chi connectivity index (χ0) is 24.4. The molecule has 0 aliphatic carbocycles. The van der Waals surface area contributed by atoms with E-state index in [0.717, 1.165) is 0 Å². The monoisotopic (exact) mass is 455 g/mol. The van der Waals surface area contributed by atoms with Crippen LogP contribution in [-0.2, 0) is 19.2 Å². The first kappa shape index (κ1) is 27.1. The van der Waals surface area contributed by atoms with Gasteiger partial charge in [0.05, 0.1) is 6.04 Å². The molecule has 0 spiro atoms. The molecule has 1 heterocycles. The molecule has 1 rings (SSSR count). The van der Waals surface area contributed by atoms with E-state index in [-0.39, 0.29) is 17.8 Å². The molecule has 0 aromatic rings. The van der Waals surface area contributed by atoms with Crippen molar-refractivity contribution in [3.05, 3.63) is 0 Å². The Labute approximate surface area is 188 Å². The Morgan fingerprint density at radius 3 is 2.41 bits per heavy atom. The molecule has 1 fully saturated rings. The van der Waals surface area contributed by atoms with Crippen LogP contribution in [0.2, 0.25) is 0 Å². The number of carboxylic acids is 1. The number of carbonyl (C=O) groups is 4. The van der Waals surface area contributed by atoms with Crippen LogP contribution < -0.4 is 27.8 Å². The molecule has 0 bridgehead atoms. The molecule has 1 saturated heterocycles. The predicted octanol–water partition coefficient (Wildman–Crippen LogP) is -1.52. The summed E-state index contributed by atoms with van der Waals surface area (Å²) in [6.45, 7) is 5.78. The van der Waals surface area contributed by atoms with Crippen LogP contribution >= 0.6 is 0 Å². The van der Waals surface area contributed by atoms with Crippen LogP contribution in [0.5, 0.6) is 0 Å². The SMILES string of the molecule is CCC(C)C(NC(=O)C(C)NC(=O)C1CCCN1C(=O)C(N)CCCN=C(N)N)C(=O)O. The van der Waals surface area contributed by atoms with Crippen molar-refractivity contribution in [2.24, 2.45) is 28.1 Å². The molecule has 5 unspecified atom stereocenters. The molecule has 3 amide bonds. The summed E-state index contributed by atoms with van der Waals surface area (Å²) >= 11 is 0. The first-order valence-electron chi connectivity index (χ1n) is 10.9. The van der Waals surface area contributed by atoms with Gasteiger partial charge in [-0.15, -0.1) is 0 Å². The number of nitrogens with zero attached hydrogens (tertiary/aromatic N) is 2. The van der Waals surface area contributed by atoms with Gasteiger partial charge in [0.2, 0.25) is 17.7 Å². The van der Waals surface area contributed by atoms with Gasteiger partial charge in [-0.1, -0.05) is 20.3 Å². The quantitative estimate of drug-likeness (QED) is 0.115. The standard InChI is InChI=1S/C20H37N7O5/c1-4-11(2)15(19(31)32)26-16(28)12(3)25-17(29)14-8-6-10-27(14)18(30)13(21)7-5-9-24-20(22)23/h11-15H,4-10,21H2,1-3H3,(H,25,29)(H,26,28)(H,31,32)(H4,22,23,24). The van der Waals surface area contributed by atoms with Crippen LogP contribution in [0.3, 0.4) is 0 Å². The van der Waals surface area contributed by atoms with Gasteiger partial charge in [-0.05, 0) is 38.5 Å². The highest BCUT2D eigenvalue weighted by Gasteiger charge is 2.37. The number of rotatable bonds is 12. The molecule has 0 aromatic heterocycles. The van der Waals surface area contributed by atoms with Crippen LogP contribution in [0, 0.1) is 5.92 Å². The van der Waals surface area contributed by atoms with E-state index in [1.54, 1.807) is 6.92 Å². The number of nitrogens with two attached hydrogens (primary N) is 3. The number of carbonyl (C=O) groups excluding carboxylic acids is 3. The highest BCUT2D eigenvalue weighted by Crippen LogP contribution is 2.19. The van der Waals surface area contributed by atoms with E-state index >= 15 is 0 Å². The van der Waals surface area contributed by atoms with Gasteiger partial charge in [0.1, 0.15) is 18.1 Å². The highest BCUT2D eigenvalue weighted by molar-refractivity contribution is 5.94. The van der Waals surface area contributed by atoms with Gasteiger partial charge in [-0.2, -0.15) is 0 Å². The van der Waals surface area contributed by atoms with E-state index < -0.39 is 42.0 Å². The molecular weight excluding hydrogens is 418 g/mol. The molecule has 32 heavy (non-hydrogen) atoms. The van der Waals surface area contributed by atoms with Gasteiger partial charge >= 0.3 is 5.97 Å². The molecule has 0 aromatic carbocycles. The number of nitrogens with one attached hydrogen (secondary N) is 2. The maximum absolute atomic E-state index is 12.8. The van der Waals surface area contributed by atoms with Gasteiger partial charge in [0.15, 0.2) is 5.96 Å². The Morgan fingerprint density at radius 1 is 1.19 bits per heavy atom. The van der Waals surface area contributed by atoms with Crippen molar-refractivity contribution in [2.45, 2.75) is 77.0 Å². The Bertz CT molecular complexity index is 710. The number of aliphatic imine (C=N–C) groups is 1. The van der Waals surface area contributed by atoms with Crippen molar-refractivity contribution in [1.82, 2.24) is 15.5 Å². The Morgan fingerprint density at radius 2 is 1.84 bits per heavy atom. The maximum atomic E-state index is 12.8. The average Bonchev–Trinajstić information content (AvgIpc) is 3.23. The molecular formula is C20H37N7O5. The fraction of sp³-hybridized carbons (Fsp3) is 0.750. The predicted molar refractivity (Wildman–Crippen MR) is 119 cm³/mol. The minimum absolute atomic E-state index is 0.0295. The fourth-order valence-corrected chi connectivity index (χ4v) is 3.50. The lowest BCUT2D eigenvalue weighted by molar-refractivity contribution is -0.144. The second-order valence-electron chi connectivity index (χ2n) is 8.19. The third-order valence-electron chi connectivity index (χ3n) is 5.65. The Balaban J connectivity index is 2.66. The fourth-order valence-electron chi connectivity index (χ4n) is 3.50. The summed E-state index contributed by atoms with van der Waals surface area (Å²) in [6, 6.07) is -3.52. The number of aliphatic carboxylic acids is 1. The molecule has 9 N–H and O–H groups in total. The highest BCUT2D eigenvalue weighted by atomic mass is 16.4. The average molecular weight is 456 g/mol. The van der Waals surface area contributed by atoms with E-state index in [2.05, 4.69) is 15.6 Å². The first-order chi connectivity index (χ1) is 15.0. The molecule has 12 heteroatoms. The zero-order valence-corrected chi connectivity index (χ0v) is 19.0. The van der Waals surface area contributed by atoms with Crippen LogP contribution in [-0.4, -0.2) is 76.9 Å². The molecule has 1 aliphatic heterocycles. The van der Waals surface area contributed by atoms with Crippen LogP contribution in [0.1, 0.15) is 52.9 Å². The van der Waals surface area contributed by atoms with Crippen molar-refractivity contribution in [3.63, 3.8) is 0 Å². The van der Waals surface area contributed by atoms with Crippen LogP contribution in [0.15, 0.2) is 4.99 Å². The second-order valence-corrected chi connectivity index (χ2v) is 8.19. The van der Waals surface area contributed by atoms with Gasteiger partial charge in [0.25, 0.3) is 0 Å². The van der Waals surface area contributed by atoms with Crippen molar-refractivity contribution >= 4 is 29.7 Å². The van der Waals surface area contributed by atoms with Gasteiger partial charge in [-0.3, -0.25) is 19.4 Å². The summed E-state index contributed by atoms with van der Waals surface area (Å²) in [7, 11) is 0. The smallest absolute Gasteiger partial charge is 0.326 e. The molecule has 1 aliphatic rings. The number of amides is 3. The second kappa shape index (κ2) is 12.8. The van der Waals surface area contributed by atoms with Crippen molar-refractivity contribution in [2.75, 3.05) is 13.1 Å². The summed E-state index contributed by atoms with van der Waals surface area (Å²) in [6.07, 6.45) is 2.56. The lowest BCUT2D eigenvalue weighted by Crippen LogP contribution is -2.56. The van der Waals surface area contributed by atoms with Crippen molar-refractivity contribution in [1.29, 1.82) is 0 Å². The van der Waals surface area contributed by atoms with Crippen molar-refractivity contribution < 1.29 is 24.3 Å². The van der Waals surface area contributed by atoms with E-state index in [4.69, 9.17) is 17.2 Å². The third kappa shape index (κ3) is 7.98. The lowest BCUT2D eigenvalue weighted by Gasteiger charge is -2.28. The molecule has 0 radical (unpaired) electrons. The van der Waals surface area contributed by atoms with E-state index in [0.29, 0.717) is 45.2 Å². The lowest BCUT2D eigenvalue weighted by atomic mass is 9.99. The molecule has 5 atom stereocenters. The van der Waals surface area contributed by atoms with E-state index in [9.17, 15) is 24.3 Å².